The number of rotatable bonds is 2. The van der Waals surface area contributed by atoms with E-state index in [0.29, 0.717) is 13.0 Å². The number of carbonyl (C=O) groups is 2. The van der Waals surface area contributed by atoms with Gasteiger partial charge < -0.3 is 15.8 Å². The van der Waals surface area contributed by atoms with Crippen molar-refractivity contribution < 1.29 is 14.3 Å². The van der Waals surface area contributed by atoms with E-state index in [0.717, 1.165) is 0 Å². The van der Waals surface area contributed by atoms with Crippen molar-refractivity contribution in [1.82, 2.24) is 5.32 Å². The van der Waals surface area contributed by atoms with Crippen LogP contribution in [0.4, 0.5) is 4.79 Å². The third-order valence-corrected chi connectivity index (χ3v) is 1.59. The van der Waals surface area contributed by atoms with Crippen LogP contribution in [-0.4, -0.2) is 25.2 Å². The molecule has 2 amide bonds. The molecule has 0 saturated carbocycles. The van der Waals surface area contributed by atoms with Crippen LogP contribution in [0.25, 0.3) is 0 Å². The highest BCUT2D eigenvalue weighted by Crippen LogP contribution is 2.08. The number of nitrogens with one attached hydrogen (secondary N) is 1. The molecule has 1 fully saturated rings. The molecule has 0 bridgehead atoms. The molecule has 62 valence electrons. The van der Waals surface area contributed by atoms with Gasteiger partial charge in [0.25, 0.3) is 0 Å². The SMILES string of the molecule is NC(=O)OCC1CCNC1=O. The van der Waals surface area contributed by atoms with Crippen LogP contribution in [-0.2, 0) is 9.53 Å². The predicted molar refractivity (Wildman–Crippen MR) is 36.7 cm³/mol. The first-order valence-electron chi connectivity index (χ1n) is 3.40. The lowest BCUT2D eigenvalue weighted by Crippen LogP contribution is -2.25. The average Bonchev–Trinajstić information content (AvgIpc) is 2.31. The fourth-order valence-electron chi connectivity index (χ4n) is 0.987. The van der Waals surface area contributed by atoms with Crippen LogP contribution < -0.4 is 11.1 Å². The van der Waals surface area contributed by atoms with E-state index in [4.69, 9.17) is 5.73 Å². The molecule has 0 aromatic rings. The molecule has 1 rings (SSSR count). The molecule has 1 saturated heterocycles. The van der Waals surface area contributed by atoms with Gasteiger partial charge in [-0.05, 0) is 6.42 Å². The van der Waals surface area contributed by atoms with Crippen molar-refractivity contribution in [2.75, 3.05) is 13.2 Å². The summed E-state index contributed by atoms with van der Waals surface area (Å²) in [5, 5.41) is 2.62. The van der Waals surface area contributed by atoms with Crippen molar-refractivity contribution in [1.29, 1.82) is 0 Å². The summed E-state index contributed by atoms with van der Waals surface area (Å²) in [6.45, 7) is 0.757. The minimum absolute atomic E-state index is 0.0637. The standard InChI is InChI=1S/C6H10N2O3/c7-6(10)11-3-4-1-2-8-5(4)9/h4H,1-3H2,(H2,7,10)(H,8,9). The molecule has 3 N–H and O–H groups in total. The van der Waals surface area contributed by atoms with Gasteiger partial charge in [-0.25, -0.2) is 4.79 Å². The molecule has 1 aliphatic heterocycles. The number of amides is 2. The Morgan fingerprint density at radius 2 is 2.55 bits per heavy atom. The number of carbonyl (C=O) groups excluding carboxylic acids is 2. The number of nitrogens with two attached hydrogens (primary N) is 1. The minimum Gasteiger partial charge on any atom is -0.449 e. The van der Waals surface area contributed by atoms with Crippen LogP contribution >= 0.6 is 0 Å². The summed E-state index contributed by atoms with van der Waals surface area (Å²) >= 11 is 0. The molecule has 1 aliphatic rings. The third-order valence-electron chi connectivity index (χ3n) is 1.59. The Bertz CT molecular complexity index is 181. The molecular formula is C6H10N2O3. The van der Waals surface area contributed by atoms with Crippen molar-refractivity contribution in [2.45, 2.75) is 6.42 Å². The Balaban J connectivity index is 2.26. The van der Waals surface area contributed by atoms with E-state index >= 15 is 0 Å². The number of primary amides is 1. The lowest BCUT2D eigenvalue weighted by molar-refractivity contribution is -0.123. The molecule has 0 aromatic carbocycles. The summed E-state index contributed by atoms with van der Waals surface area (Å²) in [6.07, 6.45) is -0.115. The molecule has 1 heterocycles. The predicted octanol–water partition coefficient (Wildman–Crippen LogP) is -0.782. The molecule has 1 atom stereocenters. The van der Waals surface area contributed by atoms with E-state index in [1.807, 2.05) is 0 Å². The normalized spacial score (nSPS) is 22.9. The Kier molecular flexibility index (Phi) is 2.30. The summed E-state index contributed by atoms with van der Waals surface area (Å²) in [5.74, 6) is -0.270. The fraction of sp³-hybridized carbons (Fsp3) is 0.667. The molecule has 11 heavy (non-hydrogen) atoms. The van der Waals surface area contributed by atoms with Gasteiger partial charge in [-0.2, -0.15) is 0 Å². The van der Waals surface area contributed by atoms with Gasteiger partial charge in [0.2, 0.25) is 5.91 Å². The Morgan fingerprint density at radius 3 is 3.00 bits per heavy atom. The molecular weight excluding hydrogens is 148 g/mol. The fourth-order valence-corrected chi connectivity index (χ4v) is 0.987. The first kappa shape index (κ1) is 7.84. The monoisotopic (exact) mass is 158 g/mol. The lowest BCUT2D eigenvalue weighted by atomic mass is 10.1. The van der Waals surface area contributed by atoms with Gasteiger partial charge in [-0.15, -0.1) is 0 Å². The van der Waals surface area contributed by atoms with Crippen molar-refractivity contribution in [3.05, 3.63) is 0 Å². The number of hydrogen-bond acceptors (Lipinski definition) is 3. The van der Waals surface area contributed by atoms with Gasteiger partial charge in [0.1, 0.15) is 6.61 Å². The van der Waals surface area contributed by atoms with E-state index in [1.165, 1.54) is 0 Å². The van der Waals surface area contributed by atoms with Crippen LogP contribution in [0.5, 0.6) is 0 Å². The molecule has 0 radical (unpaired) electrons. The number of hydrogen-bond donors (Lipinski definition) is 2. The zero-order chi connectivity index (χ0) is 8.27. The topological polar surface area (TPSA) is 81.4 Å². The Hall–Kier alpha value is -1.26. The van der Waals surface area contributed by atoms with Crippen molar-refractivity contribution in [2.24, 2.45) is 11.7 Å². The van der Waals surface area contributed by atoms with Crippen molar-refractivity contribution in [3.8, 4) is 0 Å². The second-order valence-electron chi connectivity index (χ2n) is 2.41. The maximum Gasteiger partial charge on any atom is 0.404 e. The highest BCUT2D eigenvalue weighted by atomic mass is 16.5. The van der Waals surface area contributed by atoms with Crippen molar-refractivity contribution in [3.63, 3.8) is 0 Å². The van der Waals surface area contributed by atoms with Crippen molar-refractivity contribution >= 4 is 12.0 Å². The van der Waals surface area contributed by atoms with Crippen LogP contribution in [0.15, 0.2) is 0 Å². The maximum absolute atomic E-state index is 10.8. The van der Waals surface area contributed by atoms with Crippen LogP contribution in [0.1, 0.15) is 6.42 Å². The highest BCUT2D eigenvalue weighted by Gasteiger charge is 2.24. The van der Waals surface area contributed by atoms with Gasteiger partial charge in [-0.1, -0.05) is 0 Å². The third kappa shape index (κ3) is 2.10. The Labute approximate surface area is 63.9 Å². The summed E-state index contributed by atoms with van der Waals surface area (Å²) in [6, 6.07) is 0. The van der Waals surface area contributed by atoms with E-state index in [9.17, 15) is 9.59 Å². The van der Waals surface area contributed by atoms with Crippen LogP contribution in [0.2, 0.25) is 0 Å². The highest BCUT2D eigenvalue weighted by molar-refractivity contribution is 5.81. The molecule has 0 spiro atoms. The number of ether oxygens (including phenoxy) is 1. The molecule has 5 heteroatoms. The summed E-state index contributed by atoms with van der Waals surface area (Å²) in [7, 11) is 0. The molecule has 5 nitrogen and oxygen atoms in total. The zero-order valence-corrected chi connectivity index (χ0v) is 6.00. The van der Waals surface area contributed by atoms with E-state index < -0.39 is 6.09 Å². The van der Waals surface area contributed by atoms with Gasteiger partial charge in [0, 0.05) is 6.54 Å². The first-order chi connectivity index (χ1) is 5.20. The summed E-state index contributed by atoms with van der Waals surface area (Å²) in [4.78, 5) is 21.0. The van der Waals surface area contributed by atoms with Gasteiger partial charge in [0.05, 0.1) is 5.92 Å². The molecule has 0 aromatic heterocycles. The van der Waals surface area contributed by atoms with Crippen LogP contribution in [0.3, 0.4) is 0 Å². The van der Waals surface area contributed by atoms with Gasteiger partial charge >= 0.3 is 6.09 Å². The summed E-state index contributed by atoms with van der Waals surface area (Å²) < 4.78 is 4.47. The first-order valence-corrected chi connectivity index (χ1v) is 3.40. The lowest BCUT2D eigenvalue weighted by Gasteiger charge is -2.04. The van der Waals surface area contributed by atoms with Crippen LogP contribution in [0, 0.1) is 5.92 Å². The molecule has 1 unspecified atom stereocenters. The summed E-state index contributed by atoms with van der Waals surface area (Å²) in [5.41, 5.74) is 4.72. The quantitative estimate of drug-likeness (QED) is 0.553. The largest absolute Gasteiger partial charge is 0.449 e. The van der Waals surface area contributed by atoms with E-state index in [-0.39, 0.29) is 18.4 Å². The average molecular weight is 158 g/mol. The van der Waals surface area contributed by atoms with Gasteiger partial charge in [-0.3, -0.25) is 4.79 Å². The Morgan fingerprint density at radius 1 is 1.82 bits per heavy atom. The maximum atomic E-state index is 10.8. The zero-order valence-electron chi connectivity index (χ0n) is 6.00. The van der Waals surface area contributed by atoms with Gasteiger partial charge in [0.15, 0.2) is 0 Å². The second-order valence-corrected chi connectivity index (χ2v) is 2.41. The molecule has 0 aliphatic carbocycles. The van der Waals surface area contributed by atoms with E-state index in [2.05, 4.69) is 10.1 Å². The second kappa shape index (κ2) is 3.23. The smallest absolute Gasteiger partial charge is 0.404 e. The minimum atomic E-state index is -0.829. The van der Waals surface area contributed by atoms with E-state index in [1.54, 1.807) is 0 Å².